The van der Waals surface area contributed by atoms with Crippen LogP contribution in [0.1, 0.15) is 32.0 Å². The lowest BCUT2D eigenvalue weighted by Crippen LogP contribution is -2.46. The van der Waals surface area contributed by atoms with Gasteiger partial charge in [-0.25, -0.2) is 4.98 Å². The van der Waals surface area contributed by atoms with Gasteiger partial charge in [-0.1, -0.05) is 13.3 Å². The normalized spacial score (nSPS) is 26.3. The Balaban J connectivity index is 1.98. The van der Waals surface area contributed by atoms with Gasteiger partial charge in [0.05, 0.1) is 6.54 Å². The number of nitrogens with zero attached hydrogens (tertiary/aromatic N) is 4. The van der Waals surface area contributed by atoms with Gasteiger partial charge in [-0.2, -0.15) is 5.10 Å². The van der Waals surface area contributed by atoms with Gasteiger partial charge in [0.15, 0.2) is 0 Å². The molecule has 17 heavy (non-hydrogen) atoms. The second-order valence-corrected chi connectivity index (χ2v) is 4.96. The second kappa shape index (κ2) is 5.60. The van der Waals surface area contributed by atoms with Crippen LogP contribution in [0, 0.1) is 5.92 Å². The number of hydrogen-bond donors (Lipinski definition) is 1. The van der Waals surface area contributed by atoms with E-state index in [1.807, 2.05) is 11.7 Å². The Bertz CT molecular complexity index is 348. The molecule has 1 saturated heterocycles. The summed E-state index contributed by atoms with van der Waals surface area (Å²) in [6.07, 6.45) is 5.40. The second-order valence-electron chi connectivity index (χ2n) is 4.96. The Morgan fingerprint density at radius 1 is 1.53 bits per heavy atom. The minimum absolute atomic E-state index is 0.505. The first-order valence-electron chi connectivity index (χ1n) is 6.51. The average molecular weight is 237 g/mol. The van der Waals surface area contributed by atoms with Crippen LogP contribution >= 0.6 is 0 Å². The molecule has 1 aliphatic rings. The quantitative estimate of drug-likeness (QED) is 0.840. The predicted octanol–water partition coefficient (Wildman–Crippen LogP) is 0.764. The number of aromatic nitrogens is 3. The van der Waals surface area contributed by atoms with E-state index >= 15 is 0 Å². The first kappa shape index (κ1) is 12.5. The molecular weight excluding hydrogens is 214 g/mol. The van der Waals surface area contributed by atoms with Crippen LogP contribution in [0.15, 0.2) is 6.33 Å². The zero-order valence-electron chi connectivity index (χ0n) is 10.8. The summed E-state index contributed by atoms with van der Waals surface area (Å²) in [6, 6.07) is 0.505. The number of rotatable bonds is 4. The molecule has 5 nitrogen and oxygen atoms in total. The topological polar surface area (TPSA) is 60.0 Å². The van der Waals surface area contributed by atoms with Crippen LogP contribution in [0.5, 0.6) is 0 Å². The molecular formula is C12H23N5. The summed E-state index contributed by atoms with van der Waals surface area (Å²) in [7, 11) is 1.94. The summed E-state index contributed by atoms with van der Waals surface area (Å²) < 4.78 is 1.85. The van der Waals surface area contributed by atoms with Gasteiger partial charge in [0, 0.05) is 19.6 Å². The van der Waals surface area contributed by atoms with Crippen LogP contribution in [-0.4, -0.2) is 38.8 Å². The van der Waals surface area contributed by atoms with Crippen molar-refractivity contribution < 1.29 is 0 Å². The summed E-state index contributed by atoms with van der Waals surface area (Å²) in [5.74, 6) is 1.87. The molecule has 0 bridgehead atoms. The average Bonchev–Trinajstić information content (AvgIpc) is 2.75. The third kappa shape index (κ3) is 2.84. The van der Waals surface area contributed by atoms with Crippen LogP contribution in [0.3, 0.4) is 0 Å². The first-order valence-corrected chi connectivity index (χ1v) is 6.51. The third-order valence-electron chi connectivity index (χ3n) is 3.95. The lowest BCUT2D eigenvalue weighted by atomic mass is 9.89. The van der Waals surface area contributed by atoms with Crippen molar-refractivity contribution in [2.75, 3.05) is 13.1 Å². The summed E-state index contributed by atoms with van der Waals surface area (Å²) in [4.78, 5) is 6.74. The molecule has 0 amide bonds. The minimum Gasteiger partial charge on any atom is -0.329 e. The molecule has 2 N–H and O–H groups in total. The van der Waals surface area contributed by atoms with E-state index in [1.165, 1.54) is 19.3 Å². The van der Waals surface area contributed by atoms with E-state index in [0.29, 0.717) is 6.04 Å². The van der Waals surface area contributed by atoms with Crippen molar-refractivity contribution in [3.8, 4) is 0 Å². The maximum atomic E-state index is 5.89. The van der Waals surface area contributed by atoms with Crippen LogP contribution in [0.4, 0.5) is 0 Å². The molecule has 0 aliphatic carbocycles. The van der Waals surface area contributed by atoms with E-state index in [2.05, 4.69) is 21.9 Å². The van der Waals surface area contributed by atoms with Crippen molar-refractivity contribution in [1.82, 2.24) is 19.7 Å². The summed E-state index contributed by atoms with van der Waals surface area (Å²) in [5, 5.41) is 4.11. The lowest BCUT2D eigenvalue weighted by molar-refractivity contribution is 0.103. The maximum absolute atomic E-state index is 5.89. The lowest BCUT2D eigenvalue weighted by Gasteiger charge is -2.38. The first-order chi connectivity index (χ1) is 8.24. The summed E-state index contributed by atoms with van der Waals surface area (Å²) in [6.45, 7) is 5.02. The molecule has 1 fully saturated rings. The zero-order chi connectivity index (χ0) is 12.3. The van der Waals surface area contributed by atoms with E-state index < -0.39 is 0 Å². The maximum Gasteiger partial charge on any atom is 0.140 e. The molecule has 2 rings (SSSR count). The van der Waals surface area contributed by atoms with Crippen molar-refractivity contribution in [2.24, 2.45) is 18.7 Å². The van der Waals surface area contributed by atoms with Crippen LogP contribution in [0.2, 0.25) is 0 Å². The van der Waals surface area contributed by atoms with E-state index in [1.54, 1.807) is 6.33 Å². The molecule has 0 aromatic carbocycles. The van der Waals surface area contributed by atoms with Gasteiger partial charge in [0.2, 0.25) is 0 Å². The third-order valence-corrected chi connectivity index (χ3v) is 3.95. The van der Waals surface area contributed by atoms with Crippen molar-refractivity contribution >= 4 is 0 Å². The number of aryl methyl sites for hydroxylation is 1. The monoisotopic (exact) mass is 237 g/mol. The highest BCUT2D eigenvalue weighted by Crippen LogP contribution is 2.25. The predicted molar refractivity (Wildman–Crippen MR) is 67.3 cm³/mol. The molecule has 5 heteroatoms. The Morgan fingerprint density at radius 3 is 2.94 bits per heavy atom. The zero-order valence-corrected chi connectivity index (χ0v) is 10.8. The van der Waals surface area contributed by atoms with Crippen LogP contribution in [-0.2, 0) is 13.6 Å². The molecule has 2 unspecified atom stereocenters. The highest BCUT2D eigenvalue weighted by atomic mass is 15.3. The van der Waals surface area contributed by atoms with E-state index in [0.717, 1.165) is 31.4 Å². The Hall–Kier alpha value is -0.940. The highest BCUT2D eigenvalue weighted by Gasteiger charge is 2.27. The number of piperidine rings is 1. The minimum atomic E-state index is 0.505. The fourth-order valence-electron chi connectivity index (χ4n) is 2.65. The van der Waals surface area contributed by atoms with Crippen molar-refractivity contribution in [3.63, 3.8) is 0 Å². The molecule has 2 atom stereocenters. The Kier molecular flexibility index (Phi) is 4.12. The molecule has 1 aromatic rings. The van der Waals surface area contributed by atoms with Crippen LogP contribution in [0.25, 0.3) is 0 Å². The number of nitrogens with two attached hydrogens (primary N) is 1. The molecule has 0 radical (unpaired) electrons. The van der Waals surface area contributed by atoms with Crippen molar-refractivity contribution in [3.05, 3.63) is 12.2 Å². The Labute approximate surface area is 103 Å². The van der Waals surface area contributed by atoms with Gasteiger partial charge in [-0.15, -0.1) is 0 Å². The molecule has 96 valence electrons. The Morgan fingerprint density at radius 2 is 2.35 bits per heavy atom. The van der Waals surface area contributed by atoms with Gasteiger partial charge in [-0.05, 0) is 25.3 Å². The fraction of sp³-hybridized carbons (Fsp3) is 0.833. The molecule has 0 saturated carbocycles. The standard InChI is InChI=1S/C12H23N5/c1-3-10-4-5-17(11(6-10)7-13)8-12-14-9-15-16(12)2/h9-11H,3-8,13H2,1-2H3. The SMILES string of the molecule is CCC1CCN(Cc2ncnn2C)C(CN)C1. The molecule has 0 spiro atoms. The van der Waals surface area contributed by atoms with Gasteiger partial charge in [-0.3, -0.25) is 9.58 Å². The van der Waals surface area contributed by atoms with E-state index in [9.17, 15) is 0 Å². The van der Waals surface area contributed by atoms with Gasteiger partial charge < -0.3 is 5.73 Å². The molecule has 2 heterocycles. The number of hydrogen-bond acceptors (Lipinski definition) is 4. The van der Waals surface area contributed by atoms with Gasteiger partial charge in [0.25, 0.3) is 0 Å². The number of likely N-dealkylation sites (tertiary alicyclic amines) is 1. The van der Waals surface area contributed by atoms with Crippen molar-refractivity contribution in [1.29, 1.82) is 0 Å². The smallest absolute Gasteiger partial charge is 0.140 e. The van der Waals surface area contributed by atoms with Crippen LogP contribution < -0.4 is 5.73 Å². The summed E-state index contributed by atoms with van der Waals surface area (Å²) in [5.41, 5.74) is 5.89. The van der Waals surface area contributed by atoms with E-state index in [4.69, 9.17) is 5.73 Å². The molecule has 1 aliphatic heterocycles. The molecule has 1 aromatic heterocycles. The largest absolute Gasteiger partial charge is 0.329 e. The van der Waals surface area contributed by atoms with Gasteiger partial charge >= 0.3 is 0 Å². The highest BCUT2D eigenvalue weighted by molar-refractivity contribution is 4.89. The van der Waals surface area contributed by atoms with E-state index in [-0.39, 0.29) is 0 Å². The summed E-state index contributed by atoms with van der Waals surface area (Å²) >= 11 is 0. The van der Waals surface area contributed by atoms with Gasteiger partial charge in [0.1, 0.15) is 12.2 Å². The fourth-order valence-corrected chi connectivity index (χ4v) is 2.65. The van der Waals surface area contributed by atoms with Crippen molar-refractivity contribution in [2.45, 2.75) is 38.8 Å².